The Labute approximate surface area is 176 Å². The molecule has 5 rings (SSSR count). The number of nitrogens with one attached hydrogen (secondary N) is 1. The van der Waals surface area contributed by atoms with Crippen LogP contribution in [0, 0.1) is 0 Å². The molecular weight excluding hydrogens is 404 g/mol. The molecule has 3 aliphatic rings. The average Bonchev–Trinajstić information content (AvgIpc) is 3.36. The molecule has 30 heavy (non-hydrogen) atoms. The first-order valence-electron chi connectivity index (χ1n) is 10.2. The quantitative estimate of drug-likeness (QED) is 0.806. The fourth-order valence-corrected chi connectivity index (χ4v) is 6.01. The van der Waals surface area contributed by atoms with Crippen molar-refractivity contribution in [3.05, 3.63) is 47.5 Å². The molecule has 1 fully saturated rings. The van der Waals surface area contributed by atoms with Crippen LogP contribution in [-0.2, 0) is 16.4 Å². The summed E-state index contributed by atoms with van der Waals surface area (Å²) in [4.78, 5) is 12.8. The molecule has 1 amide bonds. The van der Waals surface area contributed by atoms with Crippen molar-refractivity contribution in [3.63, 3.8) is 0 Å². The van der Waals surface area contributed by atoms with Crippen LogP contribution in [0.15, 0.2) is 36.4 Å². The van der Waals surface area contributed by atoms with E-state index in [0.717, 1.165) is 31.2 Å². The number of amides is 1. The molecule has 8 heteroatoms. The molecule has 2 aromatic carbocycles. The molecular formula is C22H24N2O5S. The lowest BCUT2D eigenvalue weighted by Gasteiger charge is -2.21. The molecule has 1 aliphatic carbocycles. The van der Waals surface area contributed by atoms with E-state index in [1.807, 2.05) is 13.0 Å². The summed E-state index contributed by atoms with van der Waals surface area (Å²) in [5.74, 6) is 0.578. The number of anilines is 2. The van der Waals surface area contributed by atoms with Crippen molar-refractivity contribution in [1.82, 2.24) is 0 Å². The zero-order valence-corrected chi connectivity index (χ0v) is 17.8. The molecule has 1 atom stereocenters. The van der Waals surface area contributed by atoms with E-state index in [4.69, 9.17) is 9.47 Å². The van der Waals surface area contributed by atoms with Gasteiger partial charge >= 0.3 is 0 Å². The van der Waals surface area contributed by atoms with Crippen LogP contribution in [0.2, 0.25) is 0 Å². The van der Waals surface area contributed by atoms with Gasteiger partial charge in [-0.05, 0) is 62.1 Å². The Balaban J connectivity index is 1.35. The highest BCUT2D eigenvalue weighted by Crippen LogP contribution is 2.47. The van der Waals surface area contributed by atoms with E-state index in [1.54, 1.807) is 30.3 Å². The van der Waals surface area contributed by atoms with Crippen LogP contribution in [-0.4, -0.2) is 32.4 Å². The number of carbonyl (C=O) groups is 1. The summed E-state index contributed by atoms with van der Waals surface area (Å²) in [6.45, 7) is 1.87. The second-order valence-corrected chi connectivity index (χ2v) is 10.3. The summed E-state index contributed by atoms with van der Waals surface area (Å²) in [6, 6.07) is 10.4. The van der Waals surface area contributed by atoms with Crippen LogP contribution in [0.3, 0.4) is 0 Å². The Morgan fingerprint density at radius 2 is 1.83 bits per heavy atom. The van der Waals surface area contributed by atoms with Gasteiger partial charge in [-0.15, -0.1) is 0 Å². The molecule has 7 nitrogen and oxygen atoms in total. The van der Waals surface area contributed by atoms with Crippen molar-refractivity contribution in [2.75, 3.05) is 15.9 Å². The minimum absolute atomic E-state index is 0.162. The second-order valence-electron chi connectivity index (χ2n) is 8.39. The van der Waals surface area contributed by atoms with Gasteiger partial charge in [0.2, 0.25) is 10.0 Å². The first-order chi connectivity index (χ1) is 14.2. The first-order valence-corrected chi connectivity index (χ1v) is 12.0. The van der Waals surface area contributed by atoms with Crippen molar-refractivity contribution < 1.29 is 22.7 Å². The van der Waals surface area contributed by atoms with E-state index in [2.05, 4.69) is 5.32 Å². The van der Waals surface area contributed by atoms with Gasteiger partial charge in [-0.25, -0.2) is 8.42 Å². The fraction of sp³-hybridized carbons (Fsp3) is 0.409. The number of fused-ring (bicyclic) bond motifs is 2. The number of hydrogen-bond donors (Lipinski definition) is 1. The summed E-state index contributed by atoms with van der Waals surface area (Å²) in [5.41, 5.74) is 2.62. The Hall–Kier alpha value is -2.74. The Bertz CT molecular complexity index is 1140. The van der Waals surface area contributed by atoms with Crippen LogP contribution in [0.4, 0.5) is 11.4 Å². The molecule has 0 saturated heterocycles. The summed E-state index contributed by atoms with van der Waals surface area (Å²) < 4.78 is 37.6. The Morgan fingerprint density at radius 3 is 2.57 bits per heavy atom. The van der Waals surface area contributed by atoms with Gasteiger partial charge in [0.1, 0.15) is 0 Å². The zero-order valence-electron chi connectivity index (χ0n) is 17.0. The van der Waals surface area contributed by atoms with E-state index in [0.29, 0.717) is 34.9 Å². The van der Waals surface area contributed by atoms with Gasteiger partial charge in [-0.3, -0.25) is 9.10 Å². The van der Waals surface area contributed by atoms with E-state index in [-0.39, 0.29) is 11.9 Å². The van der Waals surface area contributed by atoms with Crippen LogP contribution in [0.25, 0.3) is 0 Å². The van der Waals surface area contributed by atoms with Crippen LogP contribution < -0.4 is 19.1 Å². The monoisotopic (exact) mass is 428 g/mol. The lowest BCUT2D eigenvalue weighted by molar-refractivity contribution is -0.0716. The Kier molecular flexibility index (Phi) is 4.25. The normalized spacial score (nSPS) is 21.1. The maximum Gasteiger partial charge on any atom is 0.255 e. The average molecular weight is 429 g/mol. The molecule has 1 saturated carbocycles. The number of nitrogens with zero attached hydrogens (tertiary/aromatic N) is 1. The predicted octanol–water partition coefficient (Wildman–Crippen LogP) is 3.69. The number of benzene rings is 2. The lowest BCUT2D eigenvalue weighted by atomic mass is 10.1. The van der Waals surface area contributed by atoms with Crippen molar-refractivity contribution in [3.8, 4) is 11.5 Å². The number of rotatable bonds is 3. The maximum absolute atomic E-state index is 12.8. The third-order valence-electron chi connectivity index (χ3n) is 6.01. The molecule has 1 N–H and O–H groups in total. The third-order valence-corrected chi connectivity index (χ3v) is 7.28. The van der Waals surface area contributed by atoms with Crippen molar-refractivity contribution in [2.24, 2.45) is 0 Å². The minimum Gasteiger partial charge on any atom is -0.448 e. The Morgan fingerprint density at radius 1 is 1.10 bits per heavy atom. The SMILES string of the molecule is CC1Cc2cc(C(=O)Nc3ccc4c(c3)OC3(CCCC3)O4)ccc2N1S(C)(=O)=O. The van der Waals surface area contributed by atoms with Gasteiger partial charge in [0.15, 0.2) is 11.5 Å². The first kappa shape index (κ1) is 19.2. The number of sulfonamides is 1. The molecule has 0 aromatic heterocycles. The van der Waals surface area contributed by atoms with E-state index >= 15 is 0 Å². The van der Waals surface area contributed by atoms with Gasteiger partial charge in [0.25, 0.3) is 11.7 Å². The van der Waals surface area contributed by atoms with Crippen molar-refractivity contribution in [2.45, 2.75) is 50.9 Å². The van der Waals surface area contributed by atoms with Gasteiger partial charge in [0.05, 0.1) is 11.9 Å². The molecule has 1 spiro atoms. The largest absolute Gasteiger partial charge is 0.448 e. The van der Waals surface area contributed by atoms with E-state index < -0.39 is 15.8 Å². The topological polar surface area (TPSA) is 84.9 Å². The molecule has 2 aliphatic heterocycles. The van der Waals surface area contributed by atoms with Crippen molar-refractivity contribution >= 4 is 27.3 Å². The zero-order chi connectivity index (χ0) is 21.1. The predicted molar refractivity (Wildman–Crippen MR) is 114 cm³/mol. The molecule has 1 unspecified atom stereocenters. The number of carbonyl (C=O) groups excluding carboxylic acids is 1. The van der Waals surface area contributed by atoms with Crippen LogP contribution in [0.1, 0.15) is 48.5 Å². The summed E-state index contributed by atoms with van der Waals surface area (Å²) >= 11 is 0. The van der Waals surface area contributed by atoms with Gasteiger partial charge in [-0.1, -0.05) is 0 Å². The minimum atomic E-state index is -3.36. The smallest absolute Gasteiger partial charge is 0.255 e. The van der Waals surface area contributed by atoms with E-state index in [1.165, 1.54) is 10.6 Å². The highest BCUT2D eigenvalue weighted by molar-refractivity contribution is 7.92. The van der Waals surface area contributed by atoms with Crippen molar-refractivity contribution in [1.29, 1.82) is 0 Å². The highest BCUT2D eigenvalue weighted by atomic mass is 32.2. The van der Waals surface area contributed by atoms with Gasteiger partial charge in [-0.2, -0.15) is 0 Å². The van der Waals surface area contributed by atoms with Gasteiger partial charge < -0.3 is 14.8 Å². The highest BCUT2D eigenvalue weighted by Gasteiger charge is 2.44. The maximum atomic E-state index is 12.8. The van der Waals surface area contributed by atoms with Gasteiger partial charge in [0, 0.05) is 36.2 Å². The second kappa shape index (κ2) is 6.63. The summed E-state index contributed by atoms with van der Waals surface area (Å²) in [5, 5.41) is 2.90. The molecule has 158 valence electrons. The molecule has 2 heterocycles. The number of hydrogen-bond acceptors (Lipinski definition) is 5. The standard InChI is InChI=1S/C22H24N2O5S/c1-14-11-16-12-15(5-7-18(16)24(14)30(2,26)27)21(25)23-17-6-8-19-20(13-17)29-22(28-19)9-3-4-10-22/h5-8,12-14H,3-4,9-11H2,1-2H3,(H,23,25). The lowest BCUT2D eigenvalue weighted by Crippen LogP contribution is -2.34. The van der Waals surface area contributed by atoms with Crippen LogP contribution in [0.5, 0.6) is 11.5 Å². The molecule has 0 bridgehead atoms. The molecule has 0 radical (unpaired) electrons. The van der Waals surface area contributed by atoms with E-state index in [9.17, 15) is 13.2 Å². The third kappa shape index (κ3) is 3.19. The fourth-order valence-electron chi connectivity index (χ4n) is 4.74. The number of ether oxygens (including phenoxy) is 2. The summed E-state index contributed by atoms with van der Waals surface area (Å²) in [7, 11) is -3.36. The summed E-state index contributed by atoms with van der Waals surface area (Å²) in [6.07, 6.45) is 5.71. The molecule has 2 aromatic rings. The van der Waals surface area contributed by atoms with Crippen LogP contribution >= 0.6 is 0 Å².